The average molecular weight is 462 g/mol. The first kappa shape index (κ1) is 30.8. The van der Waals surface area contributed by atoms with E-state index in [0.29, 0.717) is 24.9 Å². The average Bonchev–Trinajstić information content (AvgIpc) is 2.76. The van der Waals surface area contributed by atoms with Crippen LogP contribution in [0.25, 0.3) is 0 Å². The first-order valence-electron chi connectivity index (χ1n) is 12.3. The molecule has 0 aliphatic rings. The number of carbonyl (C=O) groups is 2. The number of ketones is 1. The molecular formula is C24H47NO7. The number of alkyl carbamates (subject to hydrolysis) is 1. The van der Waals surface area contributed by atoms with Gasteiger partial charge in [0, 0.05) is 39.4 Å². The molecule has 1 amide bonds. The van der Waals surface area contributed by atoms with Gasteiger partial charge in [-0.3, -0.25) is 4.79 Å². The topological polar surface area (TPSA) is 136 Å². The normalized spacial score (nSPS) is 14.0. The lowest BCUT2D eigenvalue weighted by Crippen LogP contribution is -2.28. The van der Waals surface area contributed by atoms with Crippen molar-refractivity contribution in [2.24, 2.45) is 17.8 Å². The summed E-state index contributed by atoms with van der Waals surface area (Å²) in [6.45, 7) is 2.64. The van der Waals surface area contributed by atoms with Crippen LogP contribution in [0.4, 0.5) is 4.79 Å². The van der Waals surface area contributed by atoms with E-state index in [1.54, 1.807) is 0 Å². The zero-order valence-electron chi connectivity index (χ0n) is 20.0. The van der Waals surface area contributed by atoms with Crippen LogP contribution in [-0.4, -0.2) is 71.9 Å². The first-order valence-corrected chi connectivity index (χ1v) is 12.3. The van der Waals surface area contributed by atoms with Crippen LogP contribution in [0.1, 0.15) is 84.0 Å². The summed E-state index contributed by atoms with van der Waals surface area (Å²) in [6, 6.07) is 0. The number of amides is 1. The van der Waals surface area contributed by atoms with Gasteiger partial charge in [-0.2, -0.15) is 0 Å². The number of Topliss-reactive ketones (excluding diaryl/α,β-unsaturated/α-hetero) is 1. The predicted octanol–water partition coefficient (Wildman–Crippen LogP) is 2.80. The van der Waals surface area contributed by atoms with E-state index in [1.807, 2.05) is 0 Å². The van der Waals surface area contributed by atoms with E-state index in [0.717, 1.165) is 64.2 Å². The zero-order valence-corrected chi connectivity index (χ0v) is 20.0. The standard InChI is InChI=1S/C24H47NO7/c1-20(30)11-14-25-24(31)32-19-23(10-9-22(13-18-29)8-4-16-27)6-2-5-21(12-17-28)7-3-15-26/h21-23,26-29H,2-19H2,1H3,(H,25,31). The summed E-state index contributed by atoms with van der Waals surface area (Å²) in [6.07, 6.45) is 9.05. The molecule has 0 aliphatic carbocycles. The molecular weight excluding hydrogens is 414 g/mol. The van der Waals surface area contributed by atoms with Gasteiger partial charge >= 0.3 is 6.09 Å². The maximum Gasteiger partial charge on any atom is 0.407 e. The smallest absolute Gasteiger partial charge is 0.407 e. The van der Waals surface area contributed by atoms with Gasteiger partial charge in [-0.05, 0) is 82.5 Å². The van der Waals surface area contributed by atoms with Crippen LogP contribution in [0.2, 0.25) is 0 Å². The molecule has 32 heavy (non-hydrogen) atoms. The number of hydrogen-bond donors (Lipinski definition) is 5. The molecule has 0 fully saturated rings. The second-order valence-corrected chi connectivity index (χ2v) is 8.84. The highest BCUT2D eigenvalue weighted by molar-refractivity contribution is 5.76. The Bertz CT molecular complexity index is 462. The van der Waals surface area contributed by atoms with Crippen LogP contribution in [-0.2, 0) is 9.53 Å². The number of aliphatic hydroxyl groups excluding tert-OH is 4. The lowest BCUT2D eigenvalue weighted by molar-refractivity contribution is -0.116. The van der Waals surface area contributed by atoms with Crippen molar-refractivity contribution in [2.45, 2.75) is 84.0 Å². The Labute approximate surface area is 193 Å². The van der Waals surface area contributed by atoms with Gasteiger partial charge in [-0.25, -0.2) is 4.79 Å². The summed E-state index contributed by atoms with van der Waals surface area (Å²) in [7, 11) is 0. The molecule has 190 valence electrons. The van der Waals surface area contributed by atoms with Crippen molar-refractivity contribution in [1.29, 1.82) is 0 Å². The van der Waals surface area contributed by atoms with Crippen molar-refractivity contribution >= 4 is 11.9 Å². The van der Waals surface area contributed by atoms with Crippen LogP contribution in [0.15, 0.2) is 0 Å². The third-order valence-corrected chi connectivity index (χ3v) is 6.02. The molecule has 0 aliphatic heterocycles. The van der Waals surface area contributed by atoms with Crippen LogP contribution in [0.5, 0.6) is 0 Å². The Morgan fingerprint density at radius 3 is 1.72 bits per heavy atom. The fraction of sp³-hybridized carbons (Fsp3) is 0.917. The predicted molar refractivity (Wildman–Crippen MR) is 124 cm³/mol. The molecule has 0 radical (unpaired) electrons. The van der Waals surface area contributed by atoms with E-state index in [9.17, 15) is 19.8 Å². The Kier molecular flexibility index (Phi) is 20.8. The third-order valence-electron chi connectivity index (χ3n) is 6.02. The van der Waals surface area contributed by atoms with Crippen molar-refractivity contribution < 1.29 is 34.8 Å². The minimum Gasteiger partial charge on any atom is -0.449 e. The molecule has 0 aromatic rings. The third kappa shape index (κ3) is 18.4. The monoisotopic (exact) mass is 461 g/mol. The quantitative estimate of drug-likeness (QED) is 0.167. The molecule has 8 nitrogen and oxygen atoms in total. The summed E-state index contributed by atoms with van der Waals surface area (Å²) < 4.78 is 5.41. The van der Waals surface area contributed by atoms with E-state index in [-0.39, 0.29) is 51.1 Å². The van der Waals surface area contributed by atoms with Gasteiger partial charge in [0.05, 0.1) is 6.61 Å². The Balaban J connectivity index is 4.67. The largest absolute Gasteiger partial charge is 0.449 e. The fourth-order valence-corrected chi connectivity index (χ4v) is 4.05. The highest BCUT2D eigenvalue weighted by atomic mass is 16.5. The molecule has 0 aromatic heterocycles. The van der Waals surface area contributed by atoms with Crippen molar-refractivity contribution in [3.8, 4) is 0 Å². The molecule has 0 rings (SSSR count). The Hall–Kier alpha value is -1.22. The highest BCUT2D eigenvalue weighted by Gasteiger charge is 2.17. The maximum atomic E-state index is 11.9. The molecule has 0 bridgehead atoms. The highest BCUT2D eigenvalue weighted by Crippen LogP contribution is 2.26. The van der Waals surface area contributed by atoms with Crippen LogP contribution < -0.4 is 5.32 Å². The van der Waals surface area contributed by atoms with Crippen LogP contribution >= 0.6 is 0 Å². The van der Waals surface area contributed by atoms with Gasteiger partial charge in [0.15, 0.2) is 0 Å². The zero-order chi connectivity index (χ0) is 24.0. The van der Waals surface area contributed by atoms with Crippen molar-refractivity contribution in [3.05, 3.63) is 0 Å². The summed E-state index contributed by atoms with van der Waals surface area (Å²) in [4.78, 5) is 22.9. The van der Waals surface area contributed by atoms with Crippen molar-refractivity contribution in [3.63, 3.8) is 0 Å². The molecule has 0 heterocycles. The van der Waals surface area contributed by atoms with Gasteiger partial charge in [0.25, 0.3) is 0 Å². The minimum atomic E-state index is -0.510. The molecule has 0 aromatic carbocycles. The molecule has 0 saturated heterocycles. The van der Waals surface area contributed by atoms with Gasteiger partial charge in [0.1, 0.15) is 5.78 Å². The van der Waals surface area contributed by atoms with Gasteiger partial charge < -0.3 is 30.5 Å². The SMILES string of the molecule is CC(=O)CCNC(=O)OCC(CCCC(CCO)CCCO)CCC(CCO)CCCO. The van der Waals surface area contributed by atoms with E-state index in [1.165, 1.54) is 6.92 Å². The van der Waals surface area contributed by atoms with Crippen LogP contribution in [0, 0.1) is 17.8 Å². The Morgan fingerprint density at radius 1 is 0.688 bits per heavy atom. The number of rotatable bonds is 22. The number of carbonyl (C=O) groups excluding carboxylic acids is 2. The van der Waals surface area contributed by atoms with Crippen LogP contribution in [0.3, 0.4) is 0 Å². The van der Waals surface area contributed by atoms with Gasteiger partial charge in [-0.1, -0.05) is 12.8 Å². The molecule has 0 saturated carbocycles. The molecule has 5 N–H and O–H groups in total. The van der Waals surface area contributed by atoms with Gasteiger partial charge in [-0.15, -0.1) is 0 Å². The molecule has 3 atom stereocenters. The molecule has 3 unspecified atom stereocenters. The second kappa shape index (κ2) is 21.6. The number of aliphatic hydroxyl groups is 4. The molecule has 8 heteroatoms. The van der Waals surface area contributed by atoms with E-state index >= 15 is 0 Å². The second-order valence-electron chi connectivity index (χ2n) is 8.84. The maximum absolute atomic E-state index is 11.9. The van der Waals surface area contributed by atoms with E-state index in [4.69, 9.17) is 14.9 Å². The van der Waals surface area contributed by atoms with Crippen molar-refractivity contribution in [1.82, 2.24) is 5.32 Å². The summed E-state index contributed by atoms with van der Waals surface area (Å²) in [5.74, 6) is 0.928. The van der Waals surface area contributed by atoms with E-state index in [2.05, 4.69) is 5.32 Å². The lowest BCUT2D eigenvalue weighted by Gasteiger charge is -2.22. The summed E-state index contributed by atoms with van der Waals surface area (Å²) >= 11 is 0. The lowest BCUT2D eigenvalue weighted by atomic mass is 9.87. The number of ether oxygens (including phenoxy) is 1. The number of hydrogen-bond acceptors (Lipinski definition) is 7. The number of nitrogens with one attached hydrogen (secondary N) is 1. The minimum absolute atomic E-state index is 0.0135. The summed E-state index contributed by atoms with van der Waals surface area (Å²) in [5.41, 5.74) is 0. The van der Waals surface area contributed by atoms with Crippen molar-refractivity contribution in [2.75, 3.05) is 39.6 Å². The fourth-order valence-electron chi connectivity index (χ4n) is 4.05. The van der Waals surface area contributed by atoms with E-state index < -0.39 is 6.09 Å². The van der Waals surface area contributed by atoms with Gasteiger partial charge in [0.2, 0.25) is 0 Å². The Morgan fingerprint density at radius 2 is 1.19 bits per heavy atom. The first-order chi connectivity index (χ1) is 15.5. The summed E-state index contributed by atoms with van der Waals surface area (Å²) in [5, 5.41) is 39.4. The molecule has 0 spiro atoms.